The van der Waals surface area contributed by atoms with Gasteiger partial charge in [-0.05, 0) is 84.5 Å². The monoisotopic (exact) mass is 558 g/mol. The lowest BCUT2D eigenvalue weighted by molar-refractivity contribution is -0.131. The van der Waals surface area contributed by atoms with E-state index in [-0.39, 0.29) is 23.5 Å². The van der Waals surface area contributed by atoms with Gasteiger partial charge in [0.2, 0.25) is 0 Å². The number of carbonyl (C=O) groups is 1. The van der Waals surface area contributed by atoms with Crippen LogP contribution in [0, 0.1) is 11.7 Å². The maximum atomic E-state index is 14.3. The van der Waals surface area contributed by atoms with Gasteiger partial charge in [0, 0.05) is 28.3 Å². The molecule has 0 radical (unpaired) electrons. The smallest absolute Gasteiger partial charge is 0.308 e. The third kappa shape index (κ3) is 7.21. The Hall–Kier alpha value is -3.22. The van der Waals surface area contributed by atoms with E-state index in [1.165, 1.54) is 25.7 Å². The molecule has 1 atom stereocenters. The van der Waals surface area contributed by atoms with E-state index >= 15 is 0 Å². The Morgan fingerprint density at radius 2 is 1.66 bits per heavy atom. The van der Waals surface area contributed by atoms with Crippen molar-refractivity contribution in [2.45, 2.75) is 46.5 Å². The number of hydrogen-bond acceptors (Lipinski definition) is 4. The second-order valence-corrected chi connectivity index (χ2v) is 10.4. The zero-order valence-corrected chi connectivity index (χ0v) is 23.7. The van der Waals surface area contributed by atoms with Crippen molar-refractivity contribution in [2.75, 3.05) is 13.0 Å². The highest BCUT2D eigenvalue weighted by atomic mass is 35.5. The van der Waals surface area contributed by atoms with Crippen LogP contribution in [0.15, 0.2) is 60.7 Å². The van der Waals surface area contributed by atoms with E-state index in [0.717, 1.165) is 35.0 Å². The summed E-state index contributed by atoms with van der Waals surface area (Å²) in [7, 11) is 1.47. The highest BCUT2D eigenvalue weighted by Crippen LogP contribution is 2.36. The topological polar surface area (TPSA) is 66.5 Å². The summed E-state index contributed by atoms with van der Waals surface area (Å²) >= 11 is 11.9. The number of nitrogen functional groups attached to an aromatic ring is 1. The average molecular weight is 560 g/mol. The summed E-state index contributed by atoms with van der Waals surface area (Å²) in [5.41, 5.74) is 3.98. The zero-order valence-electron chi connectivity index (χ0n) is 22.2. The molecule has 4 aromatic rings. The van der Waals surface area contributed by atoms with Crippen molar-refractivity contribution in [3.63, 3.8) is 0 Å². The third-order valence-corrected chi connectivity index (χ3v) is 6.73. The van der Waals surface area contributed by atoms with Crippen LogP contribution in [0.2, 0.25) is 10.0 Å². The number of fused-ring (bicyclic) bond motifs is 1. The van der Waals surface area contributed by atoms with E-state index in [4.69, 9.17) is 38.5 Å². The molecular weight excluding hydrogens is 526 g/mol. The van der Waals surface area contributed by atoms with Crippen LogP contribution in [0.1, 0.15) is 56.9 Å². The SMILES string of the molecule is CC(=O)Oc1ccc(Cl)cc1.COc1ccc(C(C)c2c(CCC(C)C)c3cc(Cl)ccc3n2N)cc1F. The van der Waals surface area contributed by atoms with Gasteiger partial charge in [-0.2, -0.15) is 0 Å². The Kier molecular flexibility index (Phi) is 10.1. The lowest BCUT2D eigenvalue weighted by atomic mass is 9.91. The minimum atomic E-state index is -0.367. The molecule has 0 fully saturated rings. The fourth-order valence-electron chi connectivity index (χ4n) is 4.32. The quantitative estimate of drug-likeness (QED) is 0.141. The van der Waals surface area contributed by atoms with Gasteiger partial charge in [0.05, 0.1) is 18.3 Å². The molecule has 0 saturated heterocycles. The zero-order chi connectivity index (χ0) is 28.0. The summed E-state index contributed by atoms with van der Waals surface area (Å²) in [6.07, 6.45) is 1.94. The van der Waals surface area contributed by atoms with Crippen molar-refractivity contribution in [1.29, 1.82) is 0 Å². The van der Waals surface area contributed by atoms with Crippen LogP contribution in [0.5, 0.6) is 11.5 Å². The van der Waals surface area contributed by atoms with Crippen molar-refractivity contribution in [1.82, 2.24) is 4.68 Å². The summed E-state index contributed by atoms with van der Waals surface area (Å²) in [4.78, 5) is 10.4. The summed E-state index contributed by atoms with van der Waals surface area (Å²) < 4.78 is 25.8. The number of esters is 1. The molecule has 0 bridgehead atoms. The lowest BCUT2D eigenvalue weighted by Gasteiger charge is -2.17. The first-order chi connectivity index (χ1) is 18.0. The van der Waals surface area contributed by atoms with Gasteiger partial charge < -0.3 is 15.3 Å². The van der Waals surface area contributed by atoms with Crippen molar-refractivity contribution >= 4 is 40.1 Å². The summed E-state index contributed by atoms with van der Waals surface area (Å²) in [5, 5.41) is 2.39. The predicted molar refractivity (Wildman–Crippen MR) is 153 cm³/mol. The van der Waals surface area contributed by atoms with Gasteiger partial charge in [-0.25, -0.2) is 4.39 Å². The van der Waals surface area contributed by atoms with E-state index in [2.05, 4.69) is 20.8 Å². The van der Waals surface area contributed by atoms with E-state index in [1.54, 1.807) is 35.0 Å². The lowest BCUT2D eigenvalue weighted by Crippen LogP contribution is -2.16. The molecule has 3 aromatic carbocycles. The molecule has 4 rings (SSSR count). The van der Waals surface area contributed by atoms with E-state index in [9.17, 15) is 9.18 Å². The number of nitrogens with two attached hydrogens (primary N) is 1. The number of aryl methyl sites for hydroxylation is 1. The first kappa shape index (κ1) is 29.3. The number of carbonyl (C=O) groups excluding carboxylic acids is 1. The molecule has 38 heavy (non-hydrogen) atoms. The molecule has 202 valence electrons. The first-order valence-corrected chi connectivity index (χ1v) is 13.1. The van der Waals surface area contributed by atoms with Gasteiger partial charge in [0.1, 0.15) is 5.75 Å². The average Bonchev–Trinajstić information content (AvgIpc) is 3.14. The molecule has 0 aliphatic heterocycles. The number of nitrogens with zero attached hydrogens (tertiary/aromatic N) is 1. The fraction of sp³-hybridized carbons (Fsp3) is 0.300. The minimum absolute atomic E-state index is 0.0660. The van der Waals surface area contributed by atoms with Crippen LogP contribution in [0.4, 0.5) is 4.39 Å². The van der Waals surface area contributed by atoms with Gasteiger partial charge in [-0.15, -0.1) is 0 Å². The Morgan fingerprint density at radius 1 is 1.00 bits per heavy atom. The summed E-state index contributed by atoms with van der Waals surface area (Å²) in [6.45, 7) is 7.82. The van der Waals surface area contributed by atoms with Crippen LogP contribution >= 0.6 is 23.2 Å². The maximum absolute atomic E-state index is 14.3. The molecule has 0 amide bonds. The fourth-order valence-corrected chi connectivity index (χ4v) is 4.62. The number of methoxy groups -OCH3 is 1. The molecule has 8 heteroatoms. The maximum Gasteiger partial charge on any atom is 0.308 e. The van der Waals surface area contributed by atoms with Crippen LogP contribution in [-0.4, -0.2) is 17.8 Å². The Labute approximate surface area is 233 Å². The van der Waals surface area contributed by atoms with Crippen LogP contribution in [-0.2, 0) is 11.2 Å². The van der Waals surface area contributed by atoms with Gasteiger partial charge in [-0.3, -0.25) is 9.47 Å². The number of ether oxygens (including phenoxy) is 2. The third-order valence-electron chi connectivity index (χ3n) is 6.24. The molecule has 2 N–H and O–H groups in total. The first-order valence-electron chi connectivity index (χ1n) is 12.4. The molecule has 5 nitrogen and oxygen atoms in total. The second-order valence-electron chi connectivity index (χ2n) is 9.49. The number of aromatic nitrogens is 1. The molecular formula is C30H33Cl2FN2O3. The second kappa shape index (κ2) is 13.0. The van der Waals surface area contributed by atoms with Gasteiger partial charge in [-0.1, -0.05) is 50.0 Å². The van der Waals surface area contributed by atoms with Crippen LogP contribution in [0.25, 0.3) is 10.9 Å². The van der Waals surface area contributed by atoms with Crippen molar-refractivity contribution in [3.8, 4) is 11.5 Å². The Balaban J connectivity index is 0.000000304. The largest absolute Gasteiger partial charge is 0.494 e. The molecule has 1 unspecified atom stereocenters. The Morgan fingerprint density at radius 3 is 2.24 bits per heavy atom. The number of rotatable bonds is 7. The van der Waals surface area contributed by atoms with Gasteiger partial charge in [0.15, 0.2) is 11.6 Å². The standard InChI is InChI=1S/C22H26ClFN2O.C8H7ClO2/c1-13(2)5-8-17-18-12-16(23)7-9-20(18)26(25)22(17)14(3)15-6-10-21(27-4)19(24)11-15;1-6(10)11-8-4-2-7(9)3-5-8/h6-7,9-14H,5,8,25H2,1-4H3;2-5H,1H3. The number of halogens is 3. The normalized spacial score (nSPS) is 11.7. The number of benzene rings is 3. The number of hydrogen-bond donors (Lipinski definition) is 1. The van der Waals surface area contributed by atoms with Crippen molar-refractivity contribution in [3.05, 3.63) is 93.3 Å². The van der Waals surface area contributed by atoms with Crippen LogP contribution in [0.3, 0.4) is 0 Å². The van der Waals surface area contributed by atoms with Gasteiger partial charge in [0.25, 0.3) is 0 Å². The van der Waals surface area contributed by atoms with E-state index < -0.39 is 0 Å². The van der Waals surface area contributed by atoms with Crippen molar-refractivity contribution < 1.29 is 18.7 Å². The molecule has 1 heterocycles. The summed E-state index contributed by atoms with van der Waals surface area (Å²) in [5.74, 6) is 7.05. The van der Waals surface area contributed by atoms with Crippen molar-refractivity contribution in [2.24, 2.45) is 5.92 Å². The van der Waals surface area contributed by atoms with E-state index in [1.807, 2.05) is 24.3 Å². The molecule has 0 spiro atoms. The van der Waals surface area contributed by atoms with Gasteiger partial charge >= 0.3 is 5.97 Å². The highest BCUT2D eigenvalue weighted by molar-refractivity contribution is 6.31. The van der Waals surface area contributed by atoms with Crippen LogP contribution < -0.4 is 15.3 Å². The summed E-state index contributed by atoms with van der Waals surface area (Å²) in [6, 6.07) is 17.5. The minimum Gasteiger partial charge on any atom is -0.494 e. The highest BCUT2D eigenvalue weighted by Gasteiger charge is 2.23. The molecule has 0 aliphatic carbocycles. The Bertz CT molecular complexity index is 1400. The molecule has 0 saturated carbocycles. The van der Waals surface area contributed by atoms with E-state index in [0.29, 0.717) is 21.7 Å². The predicted octanol–water partition coefficient (Wildman–Crippen LogP) is 8.16. The molecule has 1 aromatic heterocycles. The molecule has 0 aliphatic rings.